The molecule has 0 atom stereocenters. The Balaban J connectivity index is 0.000000758. The Morgan fingerprint density at radius 2 is 1.54 bits per heavy atom. The minimum atomic E-state index is 0.249. The summed E-state index contributed by atoms with van der Waals surface area (Å²) in [7, 11) is 0. The van der Waals surface area contributed by atoms with Gasteiger partial charge in [-0.25, -0.2) is 0 Å². The number of hydrogen-bond acceptors (Lipinski definition) is 1. The maximum absolute atomic E-state index is 4.60. The van der Waals surface area contributed by atoms with Crippen LogP contribution in [0.5, 0.6) is 0 Å². The van der Waals surface area contributed by atoms with Gasteiger partial charge in [0.15, 0.2) is 0 Å². The first-order valence-corrected chi connectivity index (χ1v) is 10.1. The van der Waals surface area contributed by atoms with E-state index < -0.39 is 0 Å². The monoisotopic (exact) mass is 364 g/mol. The molecule has 0 amide bonds. The molecule has 1 heterocycles. The molecule has 3 rings (SSSR count). The van der Waals surface area contributed by atoms with Gasteiger partial charge in [0.25, 0.3) is 0 Å². The first kappa shape index (κ1) is 20.5. The number of hydrogen-bond donors (Lipinski definition) is 0. The Labute approximate surface area is 164 Å². The van der Waals surface area contributed by atoms with Crippen LogP contribution in [0.15, 0.2) is 30.8 Å². The third kappa shape index (κ3) is 3.97. The van der Waals surface area contributed by atoms with Gasteiger partial charge in [-0.2, -0.15) is 0 Å². The van der Waals surface area contributed by atoms with Gasteiger partial charge in [-0.05, 0) is 84.4 Å². The van der Waals surface area contributed by atoms with Crippen LogP contribution in [0.3, 0.4) is 0 Å². The largest absolute Gasteiger partial charge is 0.141 e. The van der Waals surface area contributed by atoms with Crippen molar-refractivity contribution < 1.29 is 0 Å². The number of thiophene rings is 1. The number of rotatable bonds is 2. The van der Waals surface area contributed by atoms with Gasteiger partial charge in [-0.15, -0.1) is 23.7 Å². The van der Waals surface area contributed by atoms with Crippen LogP contribution in [-0.2, 0) is 10.8 Å². The lowest BCUT2D eigenvalue weighted by Gasteiger charge is -2.42. The van der Waals surface area contributed by atoms with E-state index in [1.807, 2.05) is 11.3 Å². The highest BCUT2D eigenvalue weighted by Crippen LogP contribution is 2.47. The molecule has 138 valence electrons. The standard InChI is InChI=1S/C22H28S.C3H4/c1-14-12-18-19(22(6,7)11-10-21(18,4)5)13-17(14)16(3)20-9-8-15(2)23-20;1-3-2/h8-9,12-13H,3,10-11H2,1-2,4-7H3;1H,2H3. The van der Waals surface area contributed by atoms with Crippen molar-refractivity contribution in [3.63, 3.8) is 0 Å². The Bertz CT molecular complexity index is 853. The molecule has 1 aliphatic rings. The van der Waals surface area contributed by atoms with E-state index in [2.05, 4.69) is 84.7 Å². The molecular formula is C25H32S. The number of terminal acetylenes is 1. The third-order valence-corrected chi connectivity index (χ3v) is 6.62. The van der Waals surface area contributed by atoms with Crippen LogP contribution in [0.2, 0.25) is 0 Å². The fourth-order valence-corrected chi connectivity index (χ4v) is 4.63. The van der Waals surface area contributed by atoms with Gasteiger partial charge in [0.2, 0.25) is 0 Å². The molecule has 0 unspecified atom stereocenters. The zero-order chi connectivity index (χ0) is 19.7. The summed E-state index contributed by atoms with van der Waals surface area (Å²) in [6.45, 7) is 20.0. The fraction of sp³-hybridized carbons (Fsp3) is 0.440. The van der Waals surface area contributed by atoms with Crippen molar-refractivity contribution in [3.05, 3.63) is 62.9 Å². The highest BCUT2D eigenvalue weighted by atomic mass is 32.1. The van der Waals surface area contributed by atoms with E-state index in [0.717, 1.165) is 0 Å². The smallest absolute Gasteiger partial charge is 0.0345 e. The molecule has 0 fully saturated rings. The van der Waals surface area contributed by atoms with E-state index in [4.69, 9.17) is 0 Å². The van der Waals surface area contributed by atoms with Crippen molar-refractivity contribution in [2.24, 2.45) is 0 Å². The van der Waals surface area contributed by atoms with Gasteiger partial charge in [0, 0.05) is 9.75 Å². The van der Waals surface area contributed by atoms with Gasteiger partial charge >= 0.3 is 0 Å². The number of aryl methyl sites for hydroxylation is 2. The fourth-order valence-electron chi connectivity index (χ4n) is 3.78. The molecule has 1 aromatic heterocycles. The molecule has 0 bridgehead atoms. The van der Waals surface area contributed by atoms with Crippen LogP contribution >= 0.6 is 11.3 Å². The lowest BCUT2D eigenvalue weighted by Crippen LogP contribution is -2.34. The van der Waals surface area contributed by atoms with Crippen LogP contribution in [0, 0.1) is 26.2 Å². The summed E-state index contributed by atoms with van der Waals surface area (Å²) in [5, 5.41) is 0. The lowest BCUT2D eigenvalue weighted by atomic mass is 9.62. The molecule has 1 aliphatic carbocycles. The maximum atomic E-state index is 4.60. The van der Waals surface area contributed by atoms with E-state index in [9.17, 15) is 0 Å². The van der Waals surface area contributed by atoms with Crippen molar-refractivity contribution >= 4 is 16.9 Å². The summed E-state index contributed by atoms with van der Waals surface area (Å²) >= 11 is 1.84. The predicted octanol–water partition coefficient (Wildman–Crippen LogP) is 7.41. The zero-order valence-corrected chi connectivity index (χ0v) is 18.2. The molecule has 0 saturated carbocycles. The second-order valence-corrected chi connectivity index (χ2v) is 9.95. The lowest BCUT2D eigenvalue weighted by molar-refractivity contribution is 0.331. The highest BCUT2D eigenvalue weighted by molar-refractivity contribution is 7.13. The minimum absolute atomic E-state index is 0.249. The first-order chi connectivity index (χ1) is 12.0. The zero-order valence-electron chi connectivity index (χ0n) is 17.4. The van der Waals surface area contributed by atoms with Crippen LogP contribution in [0.1, 0.15) is 79.5 Å². The van der Waals surface area contributed by atoms with Crippen molar-refractivity contribution in [3.8, 4) is 12.3 Å². The molecule has 1 heteroatoms. The van der Waals surface area contributed by atoms with Gasteiger partial charge in [-0.1, -0.05) is 46.4 Å². The molecule has 0 nitrogen and oxygen atoms in total. The first-order valence-electron chi connectivity index (χ1n) is 9.32. The van der Waals surface area contributed by atoms with Gasteiger partial charge in [0.05, 0.1) is 0 Å². The third-order valence-electron chi connectivity index (χ3n) is 5.56. The summed E-state index contributed by atoms with van der Waals surface area (Å²) in [5.41, 5.74) is 7.41. The van der Waals surface area contributed by atoms with E-state index in [1.54, 1.807) is 6.92 Å². The SMILES string of the molecule is C#CC.C=C(c1ccc(C)s1)c1cc2c(cc1C)C(C)(C)CCC2(C)C. The van der Waals surface area contributed by atoms with Crippen molar-refractivity contribution in [2.75, 3.05) is 0 Å². The van der Waals surface area contributed by atoms with Crippen molar-refractivity contribution in [1.82, 2.24) is 0 Å². The molecule has 0 N–H and O–H groups in total. The Morgan fingerprint density at radius 3 is 2.00 bits per heavy atom. The molecule has 1 aromatic carbocycles. The number of fused-ring (bicyclic) bond motifs is 1. The van der Waals surface area contributed by atoms with Crippen LogP contribution in [0.4, 0.5) is 0 Å². The van der Waals surface area contributed by atoms with E-state index >= 15 is 0 Å². The molecule has 0 aliphatic heterocycles. The number of benzene rings is 1. The molecular weight excluding hydrogens is 332 g/mol. The quantitative estimate of drug-likeness (QED) is 0.486. The van der Waals surface area contributed by atoms with E-state index in [0.29, 0.717) is 0 Å². The van der Waals surface area contributed by atoms with Crippen LogP contribution in [-0.4, -0.2) is 0 Å². The second-order valence-electron chi connectivity index (χ2n) is 8.66. The maximum Gasteiger partial charge on any atom is 0.0345 e. The second kappa shape index (κ2) is 7.45. The van der Waals surface area contributed by atoms with Gasteiger partial charge in [-0.3, -0.25) is 0 Å². The van der Waals surface area contributed by atoms with Crippen molar-refractivity contribution in [1.29, 1.82) is 0 Å². The Kier molecular flexibility index (Phi) is 5.89. The molecule has 0 radical (unpaired) electrons. The Morgan fingerprint density at radius 1 is 1.04 bits per heavy atom. The molecule has 0 spiro atoms. The topological polar surface area (TPSA) is 0 Å². The average molecular weight is 365 g/mol. The molecule has 2 aromatic rings. The average Bonchev–Trinajstić information content (AvgIpc) is 2.98. The van der Waals surface area contributed by atoms with Crippen LogP contribution < -0.4 is 0 Å². The molecule has 0 saturated heterocycles. The summed E-state index contributed by atoms with van der Waals surface area (Å²) < 4.78 is 0. The summed E-state index contributed by atoms with van der Waals surface area (Å²) in [5.74, 6) is 2.25. The highest BCUT2D eigenvalue weighted by Gasteiger charge is 2.37. The van der Waals surface area contributed by atoms with E-state index in [1.165, 1.54) is 50.4 Å². The van der Waals surface area contributed by atoms with Crippen molar-refractivity contribution in [2.45, 2.75) is 72.1 Å². The summed E-state index contributed by atoms with van der Waals surface area (Å²) in [6, 6.07) is 9.25. The van der Waals surface area contributed by atoms with Crippen LogP contribution in [0.25, 0.3) is 5.57 Å². The van der Waals surface area contributed by atoms with Gasteiger partial charge in [0.1, 0.15) is 0 Å². The van der Waals surface area contributed by atoms with Gasteiger partial charge < -0.3 is 0 Å². The van der Waals surface area contributed by atoms with E-state index in [-0.39, 0.29) is 10.8 Å². The summed E-state index contributed by atoms with van der Waals surface area (Å²) in [4.78, 5) is 2.64. The minimum Gasteiger partial charge on any atom is -0.141 e. The molecule has 26 heavy (non-hydrogen) atoms. The predicted molar refractivity (Wildman–Crippen MR) is 118 cm³/mol. The normalized spacial score (nSPS) is 16.7. The summed E-state index contributed by atoms with van der Waals surface area (Å²) in [6.07, 6.45) is 7.11. The Hall–Kier alpha value is -1.78.